The zero-order valence-corrected chi connectivity index (χ0v) is 13.3. The molecule has 1 atom stereocenters. The first-order valence-corrected chi connectivity index (χ1v) is 7.82. The molecule has 20 heavy (non-hydrogen) atoms. The summed E-state index contributed by atoms with van der Waals surface area (Å²) >= 11 is 6.44. The number of fused-ring (bicyclic) bond motifs is 1. The lowest BCUT2D eigenvalue weighted by atomic mass is 9.96. The summed E-state index contributed by atoms with van der Waals surface area (Å²) in [7, 11) is 0. The van der Waals surface area contributed by atoms with Gasteiger partial charge in [0.2, 0.25) is 0 Å². The zero-order valence-electron chi connectivity index (χ0n) is 12.5. The van der Waals surface area contributed by atoms with Crippen LogP contribution in [-0.2, 0) is 0 Å². The van der Waals surface area contributed by atoms with Gasteiger partial charge in [-0.25, -0.2) is 0 Å². The predicted octanol–water partition coefficient (Wildman–Crippen LogP) is 4.20. The van der Waals surface area contributed by atoms with Crippen LogP contribution in [0.15, 0.2) is 12.1 Å². The van der Waals surface area contributed by atoms with Crippen LogP contribution in [0.4, 0.5) is 0 Å². The van der Waals surface area contributed by atoms with Gasteiger partial charge in [0, 0.05) is 17.1 Å². The number of hydrogen-bond acceptors (Lipinski definition) is 3. The van der Waals surface area contributed by atoms with Crippen LogP contribution in [0.2, 0.25) is 5.02 Å². The lowest BCUT2D eigenvalue weighted by molar-refractivity contribution is 0.171. The van der Waals surface area contributed by atoms with Gasteiger partial charge in [-0.05, 0) is 36.9 Å². The smallest absolute Gasteiger partial charge is 0.162 e. The van der Waals surface area contributed by atoms with E-state index in [1.54, 1.807) is 0 Å². The van der Waals surface area contributed by atoms with Crippen LogP contribution in [0.1, 0.15) is 45.2 Å². The van der Waals surface area contributed by atoms with E-state index in [9.17, 15) is 0 Å². The number of hydrogen-bond donors (Lipinski definition) is 1. The van der Waals surface area contributed by atoms with E-state index in [0.29, 0.717) is 19.1 Å². The van der Waals surface area contributed by atoms with Gasteiger partial charge in [-0.1, -0.05) is 32.4 Å². The predicted molar refractivity (Wildman–Crippen MR) is 82.9 cm³/mol. The van der Waals surface area contributed by atoms with Gasteiger partial charge < -0.3 is 14.8 Å². The molecule has 0 radical (unpaired) electrons. The third kappa shape index (κ3) is 3.80. The van der Waals surface area contributed by atoms with E-state index in [0.717, 1.165) is 41.5 Å². The van der Waals surface area contributed by atoms with Gasteiger partial charge in [-0.15, -0.1) is 0 Å². The highest BCUT2D eigenvalue weighted by atomic mass is 35.5. The summed E-state index contributed by atoms with van der Waals surface area (Å²) < 4.78 is 11.2. The highest BCUT2D eigenvalue weighted by molar-refractivity contribution is 6.31. The van der Waals surface area contributed by atoms with E-state index in [2.05, 4.69) is 26.1 Å². The lowest BCUT2D eigenvalue weighted by Crippen LogP contribution is -2.24. The van der Waals surface area contributed by atoms with Gasteiger partial charge in [-0.3, -0.25) is 0 Å². The van der Waals surface area contributed by atoms with Crippen molar-refractivity contribution in [2.75, 3.05) is 19.8 Å². The van der Waals surface area contributed by atoms with Crippen molar-refractivity contribution in [3.05, 3.63) is 22.7 Å². The summed E-state index contributed by atoms with van der Waals surface area (Å²) in [6, 6.07) is 4.18. The molecule has 112 valence electrons. The highest BCUT2D eigenvalue weighted by Gasteiger charge is 2.21. The van der Waals surface area contributed by atoms with Gasteiger partial charge in [0.1, 0.15) is 13.2 Å². The van der Waals surface area contributed by atoms with Crippen LogP contribution in [0.3, 0.4) is 0 Å². The fraction of sp³-hybridized carbons (Fsp3) is 0.625. The molecule has 0 fully saturated rings. The van der Waals surface area contributed by atoms with Gasteiger partial charge in [0.05, 0.1) is 0 Å². The normalized spacial score (nSPS) is 15.4. The molecule has 0 aliphatic carbocycles. The minimum absolute atomic E-state index is 0.262. The quantitative estimate of drug-likeness (QED) is 0.853. The highest BCUT2D eigenvalue weighted by Crippen LogP contribution is 2.39. The van der Waals surface area contributed by atoms with Crippen molar-refractivity contribution in [3.8, 4) is 11.5 Å². The van der Waals surface area contributed by atoms with Gasteiger partial charge in [0.25, 0.3) is 0 Å². The van der Waals surface area contributed by atoms with Crippen molar-refractivity contribution >= 4 is 11.6 Å². The maximum absolute atomic E-state index is 6.44. The molecular weight excluding hydrogens is 274 g/mol. The van der Waals surface area contributed by atoms with Gasteiger partial charge in [0.15, 0.2) is 11.5 Å². The summed E-state index contributed by atoms with van der Waals surface area (Å²) in [6.07, 6.45) is 2.16. The molecule has 0 aromatic heterocycles. The Balaban J connectivity index is 2.26. The Morgan fingerprint density at radius 3 is 2.45 bits per heavy atom. The van der Waals surface area contributed by atoms with Crippen LogP contribution in [0.5, 0.6) is 11.5 Å². The van der Waals surface area contributed by atoms with E-state index in [1.165, 1.54) is 0 Å². The van der Waals surface area contributed by atoms with Crippen molar-refractivity contribution < 1.29 is 9.47 Å². The molecule has 1 aromatic carbocycles. The fourth-order valence-corrected chi connectivity index (χ4v) is 2.74. The van der Waals surface area contributed by atoms with Crippen molar-refractivity contribution in [1.29, 1.82) is 0 Å². The Kier molecular flexibility index (Phi) is 5.55. The first-order chi connectivity index (χ1) is 9.61. The Hall–Kier alpha value is -0.930. The third-order valence-corrected chi connectivity index (χ3v) is 3.71. The second kappa shape index (κ2) is 7.19. The maximum atomic E-state index is 6.44. The number of rotatable bonds is 6. The molecule has 0 bridgehead atoms. The Bertz CT molecular complexity index is 448. The van der Waals surface area contributed by atoms with Crippen molar-refractivity contribution in [2.24, 2.45) is 5.92 Å². The molecule has 0 saturated heterocycles. The van der Waals surface area contributed by atoms with Crippen LogP contribution in [-0.4, -0.2) is 19.8 Å². The second-order valence-electron chi connectivity index (χ2n) is 5.65. The minimum atomic E-state index is 0.262. The molecule has 2 rings (SSSR count). The molecule has 3 nitrogen and oxygen atoms in total. The van der Waals surface area contributed by atoms with Crippen molar-refractivity contribution in [1.82, 2.24) is 5.32 Å². The van der Waals surface area contributed by atoms with Crippen LogP contribution in [0.25, 0.3) is 0 Å². The van der Waals surface area contributed by atoms with E-state index >= 15 is 0 Å². The molecule has 1 aliphatic heterocycles. The fourth-order valence-electron chi connectivity index (χ4n) is 2.46. The van der Waals surface area contributed by atoms with Crippen LogP contribution < -0.4 is 14.8 Å². The van der Waals surface area contributed by atoms with Crippen molar-refractivity contribution in [3.63, 3.8) is 0 Å². The third-order valence-electron chi connectivity index (χ3n) is 3.38. The summed E-state index contributed by atoms with van der Waals surface area (Å²) in [6.45, 7) is 8.81. The minimum Gasteiger partial charge on any atom is -0.486 e. The average Bonchev–Trinajstić information content (AvgIpc) is 2.42. The maximum Gasteiger partial charge on any atom is 0.162 e. The number of benzene rings is 1. The molecule has 1 aliphatic rings. The van der Waals surface area contributed by atoms with E-state index in [4.69, 9.17) is 21.1 Å². The largest absolute Gasteiger partial charge is 0.486 e. The zero-order chi connectivity index (χ0) is 14.5. The standard InChI is InChI=1S/C16H24ClNO2/c1-4-5-18-14(8-11(2)3)12-9-15-16(10-13(12)17)20-7-6-19-15/h9-11,14,18H,4-8H2,1-3H3. The summed E-state index contributed by atoms with van der Waals surface area (Å²) in [5.74, 6) is 2.17. The second-order valence-corrected chi connectivity index (χ2v) is 6.06. The summed E-state index contributed by atoms with van der Waals surface area (Å²) in [5, 5.41) is 4.34. The van der Waals surface area contributed by atoms with E-state index < -0.39 is 0 Å². The Morgan fingerprint density at radius 1 is 1.20 bits per heavy atom. The topological polar surface area (TPSA) is 30.5 Å². The van der Waals surface area contributed by atoms with E-state index in [-0.39, 0.29) is 6.04 Å². The number of nitrogens with one attached hydrogen (secondary N) is 1. The monoisotopic (exact) mass is 297 g/mol. The molecule has 1 unspecified atom stereocenters. The van der Waals surface area contributed by atoms with Crippen molar-refractivity contribution in [2.45, 2.75) is 39.7 Å². The summed E-state index contributed by atoms with van der Waals surface area (Å²) in [4.78, 5) is 0. The van der Waals surface area contributed by atoms with Crippen LogP contribution in [0, 0.1) is 5.92 Å². The average molecular weight is 298 g/mol. The Morgan fingerprint density at radius 2 is 1.85 bits per heavy atom. The molecule has 1 heterocycles. The Labute approximate surface area is 126 Å². The molecule has 0 spiro atoms. The molecule has 0 saturated carbocycles. The molecule has 0 amide bonds. The number of halogens is 1. The first-order valence-electron chi connectivity index (χ1n) is 7.44. The van der Waals surface area contributed by atoms with E-state index in [1.807, 2.05) is 12.1 Å². The lowest BCUT2D eigenvalue weighted by Gasteiger charge is -2.25. The van der Waals surface area contributed by atoms with Gasteiger partial charge >= 0.3 is 0 Å². The van der Waals surface area contributed by atoms with Crippen LogP contribution >= 0.6 is 11.6 Å². The number of ether oxygens (including phenoxy) is 2. The molecule has 4 heteroatoms. The molecule has 1 aromatic rings. The SMILES string of the molecule is CCCNC(CC(C)C)c1cc2c(cc1Cl)OCCO2. The van der Waals surface area contributed by atoms with Gasteiger partial charge in [-0.2, -0.15) is 0 Å². The first kappa shape index (κ1) is 15.5. The summed E-state index contributed by atoms with van der Waals surface area (Å²) in [5.41, 5.74) is 1.11. The molecule has 1 N–H and O–H groups in total. The molecular formula is C16H24ClNO2.